The Morgan fingerprint density at radius 3 is 2.64 bits per heavy atom. The quantitative estimate of drug-likeness (QED) is 0.859. The zero-order valence-electron chi connectivity index (χ0n) is 16.5. The van der Waals surface area contributed by atoms with Crippen LogP contribution < -0.4 is 14.8 Å². The number of hydrogen-bond donors (Lipinski definition) is 1. The lowest BCUT2D eigenvalue weighted by Crippen LogP contribution is -2.43. The molecular weight excluding hydrogens is 356 g/mol. The largest absolute Gasteiger partial charge is 0.497 e. The lowest BCUT2D eigenvalue weighted by molar-refractivity contribution is -0.121. The molecule has 0 aliphatic carbocycles. The van der Waals surface area contributed by atoms with Crippen molar-refractivity contribution in [2.45, 2.75) is 19.8 Å². The molecule has 28 heavy (non-hydrogen) atoms. The van der Waals surface area contributed by atoms with Crippen LogP contribution in [-0.2, 0) is 4.79 Å². The Hall–Kier alpha value is -3.02. The van der Waals surface area contributed by atoms with Crippen molar-refractivity contribution >= 4 is 17.5 Å². The third-order valence-electron chi connectivity index (χ3n) is 5.01. The van der Waals surface area contributed by atoms with Gasteiger partial charge in [-0.1, -0.05) is 17.7 Å². The Balaban J connectivity index is 1.70. The molecule has 1 unspecified atom stereocenters. The maximum atomic E-state index is 12.8. The maximum absolute atomic E-state index is 12.8. The van der Waals surface area contributed by atoms with Gasteiger partial charge in [0.05, 0.1) is 25.8 Å². The summed E-state index contributed by atoms with van der Waals surface area (Å²) in [7, 11) is 3.13. The number of likely N-dealkylation sites (tertiary alicyclic amines) is 1. The highest BCUT2D eigenvalue weighted by atomic mass is 16.5. The molecule has 0 bridgehead atoms. The minimum atomic E-state index is -0.265. The molecule has 1 aliphatic rings. The summed E-state index contributed by atoms with van der Waals surface area (Å²) < 4.78 is 10.6. The zero-order valence-corrected chi connectivity index (χ0v) is 16.5. The number of amides is 2. The standard InChI is InChI=1S/C22H26N2O4/c1-15-6-4-7-16(12-15)22(26)24-11-5-8-17(14-24)21(25)23-19-13-18(27-2)9-10-20(19)28-3/h4,6-7,9-10,12-13,17H,5,8,11,14H2,1-3H3,(H,23,25). The van der Waals surface area contributed by atoms with Crippen LogP contribution in [0.3, 0.4) is 0 Å². The fraction of sp³-hybridized carbons (Fsp3) is 0.364. The predicted octanol–water partition coefficient (Wildman–Crippen LogP) is 3.50. The average molecular weight is 382 g/mol. The fourth-order valence-corrected chi connectivity index (χ4v) is 3.48. The van der Waals surface area contributed by atoms with Gasteiger partial charge in [-0.05, 0) is 44.0 Å². The summed E-state index contributed by atoms with van der Waals surface area (Å²) in [6.07, 6.45) is 1.54. The van der Waals surface area contributed by atoms with Gasteiger partial charge in [-0.3, -0.25) is 9.59 Å². The number of nitrogens with zero attached hydrogens (tertiary/aromatic N) is 1. The van der Waals surface area contributed by atoms with Crippen molar-refractivity contribution in [1.82, 2.24) is 4.90 Å². The second-order valence-corrected chi connectivity index (χ2v) is 7.02. The Labute approximate surface area is 165 Å². The molecule has 1 heterocycles. The van der Waals surface area contributed by atoms with Crippen molar-refractivity contribution in [3.8, 4) is 11.5 Å². The Bertz CT molecular complexity index is 865. The van der Waals surface area contributed by atoms with Crippen LogP contribution in [0.1, 0.15) is 28.8 Å². The topological polar surface area (TPSA) is 67.9 Å². The molecule has 2 amide bonds. The lowest BCUT2D eigenvalue weighted by atomic mass is 9.96. The normalized spacial score (nSPS) is 16.4. The highest BCUT2D eigenvalue weighted by Gasteiger charge is 2.29. The van der Waals surface area contributed by atoms with Gasteiger partial charge in [0.15, 0.2) is 0 Å². The number of carbonyl (C=O) groups excluding carboxylic acids is 2. The number of methoxy groups -OCH3 is 2. The minimum Gasteiger partial charge on any atom is -0.497 e. The highest BCUT2D eigenvalue weighted by molar-refractivity contribution is 5.97. The Morgan fingerprint density at radius 2 is 1.93 bits per heavy atom. The summed E-state index contributed by atoms with van der Waals surface area (Å²) in [5, 5.41) is 2.93. The molecule has 148 valence electrons. The summed E-state index contributed by atoms with van der Waals surface area (Å²) in [4.78, 5) is 27.4. The van der Waals surface area contributed by atoms with Crippen LogP contribution in [0.15, 0.2) is 42.5 Å². The third kappa shape index (κ3) is 4.44. The molecule has 6 heteroatoms. The van der Waals surface area contributed by atoms with Crippen molar-refractivity contribution in [3.05, 3.63) is 53.6 Å². The smallest absolute Gasteiger partial charge is 0.253 e. The molecule has 1 atom stereocenters. The van der Waals surface area contributed by atoms with Crippen molar-refractivity contribution in [2.75, 3.05) is 32.6 Å². The first kappa shape index (κ1) is 19.7. The predicted molar refractivity (Wildman–Crippen MR) is 108 cm³/mol. The first-order chi connectivity index (χ1) is 13.5. The number of piperidine rings is 1. The number of aryl methyl sites for hydroxylation is 1. The summed E-state index contributed by atoms with van der Waals surface area (Å²) in [6, 6.07) is 12.8. The fourth-order valence-electron chi connectivity index (χ4n) is 3.48. The van der Waals surface area contributed by atoms with Gasteiger partial charge in [0, 0.05) is 24.7 Å². The van der Waals surface area contributed by atoms with E-state index in [9.17, 15) is 9.59 Å². The van der Waals surface area contributed by atoms with E-state index in [0.29, 0.717) is 35.8 Å². The van der Waals surface area contributed by atoms with Crippen LogP contribution in [0.2, 0.25) is 0 Å². The molecule has 0 aromatic heterocycles. The monoisotopic (exact) mass is 382 g/mol. The molecule has 1 saturated heterocycles. The summed E-state index contributed by atoms with van der Waals surface area (Å²) >= 11 is 0. The van der Waals surface area contributed by atoms with Crippen molar-refractivity contribution < 1.29 is 19.1 Å². The van der Waals surface area contributed by atoms with Crippen molar-refractivity contribution in [2.24, 2.45) is 5.92 Å². The van der Waals surface area contributed by atoms with Gasteiger partial charge in [-0.2, -0.15) is 0 Å². The maximum Gasteiger partial charge on any atom is 0.253 e. The molecule has 0 radical (unpaired) electrons. The van der Waals surface area contributed by atoms with Gasteiger partial charge in [-0.25, -0.2) is 0 Å². The first-order valence-electron chi connectivity index (χ1n) is 9.40. The van der Waals surface area contributed by atoms with Gasteiger partial charge in [0.2, 0.25) is 5.91 Å². The summed E-state index contributed by atoms with van der Waals surface area (Å²) in [5.41, 5.74) is 2.27. The Kier molecular flexibility index (Phi) is 6.19. The minimum absolute atomic E-state index is 0.0276. The van der Waals surface area contributed by atoms with E-state index < -0.39 is 0 Å². The zero-order chi connectivity index (χ0) is 20.1. The molecule has 0 spiro atoms. The van der Waals surface area contributed by atoms with Gasteiger partial charge in [0.25, 0.3) is 5.91 Å². The molecule has 1 fully saturated rings. The van der Waals surface area contributed by atoms with Gasteiger partial charge >= 0.3 is 0 Å². The SMILES string of the molecule is COc1ccc(OC)c(NC(=O)C2CCCN(C(=O)c3cccc(C)c3)C2)c1. The van der Waals surface area contributed by atoms with Crippen LogP contribution in [0, 0.1) is 12.8 Å². The van der Waals surface area contributed by atoms with Gasteiger partial charge < -0.3 is 19.7 Å². The second-order valence-electron chi connectivity index (χ2n) is 7.02. The molecule has 0 saturated carbocycles. The van der Waals surface area contributed by atoms with Crippen LogP contribution >= 0.6 is 0 Å². The van der Waals surface area contributed by atoms with E-state index >= 15 is 0 Å². The lowest BCUT2D eigenvalue weighted by Gasteiger charge is -2.32. The molecule has 3 rings (SSSR count). The number of anilines is 1. The van der Waals surface area contributed by atoms with Gasteiger partial charge in [-0.15, -0.1) is 0 Å². The number of hydrogen-bond acceptors (Lipinski definition) is 4. The van der Waals surface area contributed by atoms with Gasteiger partial charge in [0.1, 0.15) is 11.5 Å². The molecular formula is C22H26N2O4. The van der Waals surface area contributed by atoms with E-state index in [-0.39, 0.29) is 17.7 Å². The second kappa shape index (κ2) is 8.78. The molecule has 2 aromatic rings. The number of nitrogens with one attached hydrogen (secondary N) is 1. The van der Waals surface area contributed by atoms with Crippen LogP contribution in [-0.4, -0.2) is 44.0 Å². The number of rotatable bonds is 5. The first-order valence-corrected chi connectivity index (χ1v) is 9.40. The van der Waals surface area contributed by atoms with E-state index in [1.807, 2.05) is 31.2 Å². The van der Waals surface area contributed by atoms with E-state index in [0.717, 1.165) is 18.4 Å². The number of ether oxygens (including phenoxy) is 2. The highest BCUT2D eigenvalue weighted by Crippen LogP contribution is 2.30. The molecule has 1 N–H and O–H groups in total. The van der Waals surface area contributed by atoms with Crippen LogP contribution in [0.5, 0.6) is 11.5 Å². The summed E-state index contributed by atoms with van der Waals surface area (Å²) in [5.74, 6) is 0.792. The molecule has 2 aromatic carbocycles. The number of benzene rings is 2. The summed E-state index contributed by atoms with van der Waals surface area (Å²) in [6.45, 7) is 3.04. The average Bonchev–Trinajstić information content (AvgIpc) is 2.73. The van der Waals surface area contributed by atoms with Crippen LogP contribution in [0.4, 0.5) is 5.69 Å². The third-order valence-corrected chi connectivity index (χ3v) is 5.01. The Morgan fingerprint density at radius 1 is 1.11 bits per heavy atom. The van der Waals surface area contributed by atoms with Crippen molar-refractivity contribution in [1.29, 1.82) is 0 Å². The van der Waals surface area contributed by atoms with E-state index in [1.165, 1.54) is 0 Å². The van der Waals surface area contributed by atoms with E-state index in [4.69, 9.17) is 9.47 Å². The number of carbonyl (C=O) groups is 2. The van der Waals surface area contributed by atoms with Crippen molar-refractivity contribution in [3.63, 3.8) is 0 Å². The van der Waals surface area contributed by atoms with E-state index in [2.05, 4.69) is 5.32 Å². The molecule has 6 nitrogen and oxygen atoms in total. The molecule has 1 aliphatic heterocycles. The van der Waals surface area contributed by atoms with E-state index in [1.54, 1.807) is 37.3 Å². The van der Waals surface area contributed by atoms with Crippen LogP contribution in [0.25, 0.3) is 0 Å².